The average molecular weight is 349 g/mol. The van der Waals surface area contributed by atoms with Gasteiger partial charge in [0.1, 0.15) is 0 Å². The van der Waals surface area contributed by atoms with Crippen LogP contribution in [0.3, 0.4) is 0 Å². The number of methoxy groups -OCH3 is 1. The highest BCUT2D eigenvalue weighted by atomic mass is 32.2. The molecule has 1 fully saturated rings. The minimum atomic E-state index is -0.988. The van der Waals surface area contributed by atoms with Crippen molar-refractivity contribution in [2.24, 2.45) is 0 Å². The number of nitrogens with zero attached hydrogens (tertiary/aromatic N) is 1. The van der Waals surface area contributed by atoms with Gasteiger partial charge in [-0.2, -0.15) is 5.10 Å². The van der Waals surface area contributed by atoms with E-state index in [1.807, 2.05) is 12.1 Å². The maximum Gasteiger partial charge on any atom is 0.152 e. The van der Waals surface area contributed by atoms with Gasteiger partial charge < -0.3 is 10.1 Å². The van der Waals surface area contributed by atoms with Crippen molar-refractivity contribution in [3.05, 3.63) is 40.8 Å². The Morgan fingerprint density at radius 3 is 3.04 bits per heavy atom. The van der Waals surface area contributed by atoms with E-state index in [1.165, 1.54) is 0 Å². The fourth-order valence-electron chi connectivity index (χ4n) is 3.62. The number of hydrogen-bond acceptors (Lipinski definition) is 4. The van der Waals surface area contributed by atoms with Crippen LogP contribution in [0.25, 0.3) is 0 Å². The second kappa shape index (κ2) is 6.29. The molecule has 0 spiro atoms. The third kappa shape index (κ3) is 2.86. The summed E-state index contributed by atoms with van der Waals surface area (Å²) in [5, 5.41) is 10.3. The summed E-state index contributed by atoms with van der Waals surface area (Å²) >= 11 is 0. The predicted molar refractivity (Wildman–Crippen MR) is 91.2 cm³/mol. The lowest BCUT2D eigenvalue weighted by molar-refractivity contribution is 0.108. The zero-order valence-electron chi connectivity index (χ0n) is 13.5. The van der Waals surface area contributed by atoms with Crippen molar-refractivity contribution < 1.29 is 13.3 Å². The molecule has 1 aromatic heterocycles. The van der Waals surface area contributed by atoms with Crippen LogP contribution in [0.15, 0.2) is 18.2 Å². The van der Waals surface area contributed by atoms with Crippen LogP contribution in [0.2, 0.25) is 0 Å². The zero-order valence-corrected chi connectivity index (χ0v) is 14.3. The Bertz CT molecular complexity index is 792. The summed E-state index contributed by atoms with van der Waals surface area (Å²) in [6.45, 7) is 0. The van der Waals surface area contributed by atoms with E-state index in [4.69, 9.17) is 4.74 Å². The number of anilines is 2. The number of fused-ring (bicyclic) bond motifs is 1. The molecule has 1 saturated carbocycles. The minimum absolute atomic E-state index is 0.295. The van der Waals surface area contributed by atoms with Gasteiger partial charge in [-0.1, -0.05) is 6.07 Å². The van der Waals surface area contributed by atoms with Gasteiger partial charge in [0.2, 0.25) is 0 Å². The van der Waals surface area contributed by atoms with E-state index >= 15 is 0 Å². The molecule has 1 aliphatic carbocycles. The molecule has 24 heavy (non-hydrogen) atoms. The fourth-order valence-corrected chi connectivity index (χ4v) is 4.97. The van der Waals surface area contributed by atoms with Crippen LogP contribution in [0.4, 0.5) is 15.9 Å². The Labute approximate surface area is 142 Å². The Kier molecular flexibility index (Phi) is 4.14. The summed E-state index contributed by atoms with van der Waals surface area (Å²) in [4.78, 5) is 0. The molecule has 1 aliphatic heterocycles. The third-order valence-electron chi connectivity index (χ3n) is 4.98. The number of H-pyrrole nitrogens is 1. The first kappa shape index (κ1) is 15.8. The molecule has 2 N–H and O–H groups in total. The molecule has 0 radical (unpaired) electrons. The number of rotatable bonds is 4. The number of benzene rings is 1. The van der Waals surface area contributed by atoms with Crippen molar-refractivity contribution in [2.75, 3.05) is 12.4 Å². The molecule has 0 amide bonds. The first-order valence-corrected chi connectivity index (χ1v) is 9.63. The van der Waals surface area contributed by atoms with Gasteiger partial charge in [0.25, 0.3) is 0 Å². The molecule has 2 heterocycles. The topological polar surface area (TPSA) is 67.0 Å². The maximum absolute atomic E-state index is 14.6. The van der Waals surface area contributed by atoms with Gasteiger partial charge >= 0.3 is 0 Å². The summed E-state index contributed by atoms with van der Waals surface area (Å²) in [6, 6.07) is 5.48. The van der Waals surface area contributed by atoms with Crippen LogP contribution in [-0.4, -0.2) is 27.6 Å². The first-order valence-electron chi connectivity index (χ1n) is 8.14. The lowest BCUT2D eigenvalue weighted by Gasteiger charge is -2.08. The molecule has 7 heteroatoms. The van der Waals surface area contributed by atoms with Crippen molar-refractivity contribution in [2.45, 2.75) is 42.8 Å². The number of ether oxygens (including phenoxy) is 1. The normalized spacial score (nSPS) is 25.8. The van der Waals surface area contributed by atoms with Crippen LogP contribution in [0, 0.1) is 5.82 Å². The molecule has 3 atom stereocenters. The van der Waals surface area contributed by atoms with Crippen LogP contribution in [0.1, 0.15) is 42.0 Å². The number of hydrogen-bond donors (Lipinski definition) is 2. The molecule has 0 saturated heterocycles. The fraction of sp³-hybridized carbons (Fsp3) is 0.471. The van der Waals surface area contributed by atoms with E-state index in [0.29, 0.717) is 40.6 Å². The number of aromatic amines is 1. The van der Waals surface area contributed by atoms with Crippen LogP contribution in [0.5, 0.6) is 0 Å². The molecular formula is C17H20FN3O2S. The summed E-state index contributed by atoms with van der Waals surface area (Å²) in [7, 11) is 0.759. The van der Waals surface area contributed by atoms with Crippen molar-refractivity contribution in [1.82, 2.24) is 10.2 Å². The van der Waals surface area contributed by atoms with Crippen molar-refractivity contribution >= 4 is 22.3 Å². The Balaban J connectivity index is 1.51. The molecule has 3 unspecified atom stereocenters. The van der Waals surface area contributed by atoms with E-state index in [-0.39, 0.29) is 5.82 Å². The van der Waals surface area contributed by atoms with E-state index < -0.39 is 10.8 Å². The lowest BCUT2D eigenvalue weighted by atomic mass is 10.0. The first-order chi connectivity index (χ1) is 11.6. The van der Waals surface area contributed by atoms with Gasteiger partial charge in [-0.05, 0) is 30.9 Å². The van der Waals surface area contributed by atoms with Crippen molar-refractivity contribution in [3.63, 3.8) is 0 Å². The maximum atomic E-state index is 14.6. The highest BCUT2D eigenvalue weighted by Crippen LogP contribution is 2.36. The summed E-state index contributed by atoms with van der Waals surface area (Å²) in [5.41, 5.74) is 2.84. The summed E-state index contributed by atoms with van der Waals surface area (Å²) < 4.78 is 31.6. The Morgan fingerprint density at radius 2 is 2.25 bits per heavy atom. The predicted octanol–water partition coefficient (Wildman–Crippen LogP) is 3.34. The minimum Gasteiger partial charge on any atom is -0.381 e. The molecule has 2 aromatic rings. The average Bonchev–Trinajstić information content (AvgIpc) is 3.28. The monoisotopic (exact) mass is 349 g/mol. The van der Waals surface area contributed by atoms with E-state index in [9.17, 15) is 8.60 Å². The van der Waals surface area contributed by atoms with Crippen LogP contribution < -0.4 is 5.32 Å². The zero-order chi connectivity index (χ0) is 16.7. The van der Waals surface area contributed by atoms with Gasteiger partial charge in [0.05, 0.1) is 17.5 Å². The Morgan fingerprint density at radius 1 is 1.38 bits per heavy atom. The van der Waals surface area contributed by atoms with Gasteiger partial charge in [-0.25, -0.2) is 4.39 Å². The smallest absolute Gasteiger partial charge is 0.152 e. The van der Waals surface area contributed by atoms with E-state index in [0.717, 1.165) is 30.5 Å². The highest BCUT2D eigenvalue weighted by molar-refractivity contribution is 7.83. The van der Waals surface area contributed by atoms with Gasteiger partial charge in [0.15, 0.2) is 11.6 Å². The standard InChI is InChI=1S/C17H20FN3O2S/c1-23-12-4-2-10(6-12)15-7-16(21-20-15)19-14-5-3-11-8-24(22)9-13(11)17(14)18/h3,5,7,10,12H,2,4,6,8-9H2,1H3,(H2,19,20,21). The second-order valence-corrected chi connectivity index (χ2v) is 7.95. The third-order valence-corrected chi connectivity index (χ3v) is 6.22. The molecule has 2 aliphatic rings. The van der Waals surface area contributed by atoms with E-state index in [2.05, 4.69) is 15.5 Å². The SMILES string of the molecule is COC1CCC(c2cc(Nc3ccc4c(c3F)CS(=O)C4)n[nH]2)C1. The van der Waals surface area contributed by atoms with Crippen LogP contribution >= 0.6 is 0 Å². The second-order valence-electron chi connectivity index (χ2n) is 6.49. The highest BCUT2D eigenvalue weighted by Gasteiger charge is 2.27. The molecular weight excluding hydrogens is 329 g/mol. The van der Waals surface area contributed by atoms with Gasteiger partial charge in [-0.15, -0.1) is 0 Å². The number of nitrogens with one attached hydrogen (secondary N) is 2. The molecule has 5 nitrogen and oxygen atoms in total. The molecule has 4 rings (SSSR count). The summed E-state index contributed by atoms with van der Waals surface area (Å²) in [5.74, 6) is 1.43. The van der Waals surface area contributed by atoms with Gasteiger partial charge in [0, 0.05) is 46.9 Å². The van der Waals surface area contributed by atoms with Crippen molar-refractivity contribution in [3.8, 4) is 0 Å². The molecule has 0 bridgehead atoms. The largest absolute Gasteiger partial charge is 0.381 e. The van der Waals surface area contributed by atoms with Crippen molar-refractivity contribution in [1.29, 1.82) is 0 Å². The lowest BCUT2D eigenvalue weighted by Crippen LogP contribution is -2.04. The molecule has 1 aromatic carbocycles. The quantitative estimate of drug-likeness (QED) is 0.888. The summed E-state index contributed by atoms with van der Waals surface area (Å²) in [6.07, 6.45) is 3.42. The number of halogens is 1. The van der Waals surface area contributed by atoms with Crippen LogP contribution in [-0.2, 0) is 27.0 Å². The van der Waals surface area contributed by atoms with Gasteiger partial charge in [-0.3, -0.25) is 9.31 Å². The molecule has 128 valence electrons. The number of aromatic nitrogens is 2. The Hall–Kier alpha value is -1.73. The van der Waals surface area contributed by atoms with E-state index in [1.54, 1.807) is 13.2 Å².